The lowest BCUT2D eigenvalue weighted by Crippen LogP contribution is -2.56. The van der Waals surface area contributed by atoms with E-state index in [1.807, 2.05) is 0 Å². The van der Waals surface area contributed by atoms with Crippen molar-refractivity contribution in [3.63, 3.8) is 0 Å². The molecule has 5 nitrogen and oxygen atoms in total. The zero-order valence-electron chi connectivity index (χ0n) is 9.30. The quantitative estimate of drug-likeness (QED) is 0.696. The monoisotopic (exact) mass is 255 g/mol. The Bertz CT molecular complexity index is 483. The zero-order chi connectivity index (χ0) is 13.1. The van der Waals surface area contributed by atoms with Gasteiger partial charge in [-0.1, -0.05) is 0 Å². The molecule has 1 heterocycles. The molecule has 0 bridgehead atoms. The first kappa shape index (κ1) is 12.4. The molecule has 0 spiro atoms. The Hall–Kier alpha value is -2.02. The maximum Gasteiger partial charge on any atom is 0.243 e. The highest BCUT2D eigenvalue weighted by Gasteiger charge is 2.24. The van der Waals surface area contributed by atoms with E-state index in [0.717, 1.165) is 18.2 Å². The van der Waals surface area contributed by atoms with Crippen LogP contribution in [0.2, 0.25) is 0 Å². The van der Waals surface area contributed by atoms with Crippen LogP contribution in [0.1, 0.15) is 0 Å². The molecule has 1 saturated heterocycles. The molecule has 1 aromatic rings. The molecule has 1 unspecified atom stereocenters. The average molecular weight is 255 g/mol. The molecule has 3 N–H and O–H groups in total. The molecule has 1 atom stereocenters. The summed E-state index contributed by atoms with van der Waals surface area (Å²) in [6.45, 7) is 0.130. The summed E-state index contributed by atoms with van der Waals surface area (Å²) in [5.41, 5.74) is -0.223. The van der Waals surface area contributed by atoms with E-state index in [0.29, 0.717) is 0 Å². The molecule has 1 fully saturated rings. The van der Waals surface area contributed by atoms with E-state index < -0.39 is 23.6 Å². The van der Waals surface area contributed by atoms with E-state index in [1.54, 1.807) is 0 Å². The molecule has 1 aliphatic heterocycles. The first-order chi connectivity index (χ1) is 8.56. The summed E-state index contributed by atoms with van der Waals surface area (Å²) in [6, 6.07) is 2.13. The molecular formula is C11H11F2N3O2. The van der Waals surface area contributed by atoms with Gasteiger partial charge in [-0.05, 0) is 12.1 Å². The number of benzene rings is 1. The average Bonchev–Trinajstić information content (AvgIpc) is 2.34. The third kappa shape index (κ3) is 2.80. The van der Waals surface area contributed by atoms with E-state index >= 15 is 0 Å². The molecule has 96 valence electrons. The summed E-state index contributed by atoms with van der Waals surface area (Å²) in [4.78, 5) is 22.6. The van der Waals surface area contributed by atoms with Gasteiger partial charge in [-0.3, -0.25) is 14.9 Å². The second-order valence-electron chi connectivity index (χ2n) is 3.85. The minimum Gasteiger partial charge on any atom is -0.353 e. The van der Waals surface area contributed by atoms with Crippen molar-refractivity contribution in [3.8, 4) is 0 Å². The Labute approximate surface area is 102 Å². The van der Waals surface area contributed by atoms with Crippen molar-refractivity contribution in [2.24, 2.45) is 0 Å². The van der Waals surface area contributed by atoms with E-state index in [9.17, 15) is 18.4 Å². The highest BCUT2D eigenvalue weighted by Crippen LogP contribution is 2.15. The molecule has 0 aromatic heterocycles. The Balaban J connectivity index is 2.02. The molecule has 0 aliphatic carbocycles. The summed E-state index contributed by atoms with van der Waals surface area (Å²) in [5, 5.41) is 7.45. The summed E-state index contributed by atoms with van der Waals surface area (Å²) in [6.07, 6.45) is 0. The van der Waals surface area contributed by atoms with Crippen LogP contribution in [-0.2, 0) is 9.59 Å². The van der Waals surface area contributed by atoms with E-state index in [-0.39, 0.29) is 24.7 Å². The summed E-state index contributed by atoms with van der Waals surface area (Å²) >= 11 is 0. The van der Waals surface area contributed by atoms with Crippen LogP contribution in [0.3, 0.4) is 0 Å². The van der Waals surface area contributed by atoms with E-state index in [4.69, 9.17) is 0 Å². The van der Waals surface area contributed by atoms with Crippen LogP contribution in [0.25, 0.3) is 0 Å². The third-order valence-electron chi connectivity index (χ3n) is 2.52. The summed E-state index contributed by atoms with van der Waals surface area (Å²) in [7, 11) is 0. The first-order valence-electron chi connectivity index (χ1n) is 5.32. The maximum absolute atomic E-state index is 13.3. The molecule has 18 heavy (non-hydrogen) atoms. The van der Waals surface area contributed by atoms with Crippen molar-refractivity contribution in [1.82, 2.24) is 10.6 Å². The van der Waals surface area contributed by atoms with Crippen molar-refractivity contribution < 1.29 is 18.4 Å². The van der Waals surface area contributed by atoms with Crippen molar-refractivity contribution in [2.75, 3.05) is 18.4 Å². The number of hydrogen-bond donors (Lipinski definition) is 3. The minimum atomic E-state index is -0.718. The van der Waals surface area contributed by atoms with Gasteiger partial charge in [0.2, 0.25) is 11.8 Å². The lowest BCUT2D eigenvalue weighted by atomic mass is 10.2. The van der Waals surface area contributed by atoms with Crippen LogP contribution >= 0.6 is 0 Å². The lowest BCUT2D eigenvalue weighted by molar-refractivity contribution is -0.124. The molecule has 1 aromatic carbocycles. The Morgan fingerprint density at radius 3 is 2.83 bits per heavy atom. The lowest BCUT2D eigenvalue weighted by Gasteiger charge is -2.23. The van der Waals surface area contributed by atoms with Crippen LogP contribution in [0.5, 0.6) is 0 Å². The summed E-state index contributed by atoms with van der Waals surface area (Å²) < 4.78 is 26.2. The smallest absolute Gasteiger partial charge is 0.243 e. The second kappa shape index (κ2) is 5.09. The predicted molar refractivity (Wildman–Crippen MR) is 59.8 cm³/mol. The molecule has 1 aliphatic rings. The van der Waals surface area contributed by atoms with Gasteiger partial charge in [-0.15, -0.1) is 0 Å². The molecule has 2 amide bonds. The first-order valence-corrected chi connectivity index (χ1v) is 5.32. The number of anilines is 1. The normalized spacial score (nSPS) is 19.2. The highest BCUT2D eigenvalue weighted by molar-refractivity contribution is 5.96. The van der Waals surface area contributed by atoms with Gasteiger partial charge in [0.1, 0.15) is 17.7 Å². The van der Waals surface area contributed by atoms with Gasteiger partial charge in [0, 0.05) is 12.6 Å². The number of piperazine rings is 1. The molecular weight excluding hydrogens is 244 g/mol. The second-order valence-corrected chi connectivity index (χ2v) is 3.85. The number of nitrogens with one attached hydrogen (secondary N) is 3. The Morgan fingerprint density at radius 1 is 1.39 bits per heavy atom. The van der Waals surface area contributed by atoms with Gasteiger partial charge in [0.05, 0.1) is 12.2 Å². The Kier molecular flexibility index (Phi) is 3.52. The molecule has 2 rings (SSSR count). The zero-order valence-corrected chi connectivity index (χ0v) is 9.30. The fraction of sp³-hybridized carbons (Fsp3) is 0.273. The van der Waals surface area contributed by atoms with Crippen molar-refractivity contribution in [3.05, 3.63) is 29.8 Å². The Morgan fingerprint density at radius 2 is 2.17 bits per heavy atom. The molecule has 0 radical (unpaired) electrons. The van der Waals surface area contributed by atoms with E-state index in [1.165, 1.54) is 0 Å². The van der Waals surface area contributed by atoms with Crippen LogP contribution in [-0.4, -0.2) is 30.9 Å². The van der Waals surface area contributed by atoms with Gasteiger partial charge < -0.3 is 10.6 Å². The highest BCUT2D eigenvalue weighted by atomic mass is 19.1. The van der Waals surface area contributed by atoms with Crippen LogP contribution in [0, 0.1) is 11.6 Å². The van der Waals surface area contributed by atoms with Crippen molar-refractivity contribution in [2.45, 2.75) is 6.04 Å². The number of carbonyl (C=O) groups excluding carboxylic acids is 2. The largest absolute Gasteiger partial charge is 0.353 e. The minimum absolute atomic E-state index is 0.0176. The van der Waals surface area contributed by atoms with Crippen LogP contribution in [0.4, 0.5) is 14.5 Å². The van der Waals surface area contributed by atoms with Crippen LogP contribution in [0.15, 0.2) is 18.2 Å². The number of rotatable bonds is 2. The van der Waals surface area contributed by atoms with Gasteiger partial charge in [-0.25, -0.2) is 8.78 Å². The SMILES string of the molecule is O=C1CNC(C(=O)Nc2cc(F)ccc2F)CN1. The number of amides is 2. The fourth-order valence-corrected chi connectivity index (χ4v) is 1.56. The summed E-state index contributed by atoms with van der Waals surface area (Å²) in [5.74, 6) is -2.10. The van der Waals surface area contributed by atoms with Crippen LogP contribution < -0.4 is 16.0 Å². The predicted octanol–water partition coefficient (Wildman–Crippen LogP) is -0.00870. The molecule has 0 saturated carbocycles. The van der Waals surface area contributed by atoms with Gasteiger partial charge in [-0.2, -0.15) is 0 Å². The number of hydrogen-bond acceptors (Lipinski definition) is 3. The van der Waals surface area contributed by atoms with Gasteiger partial charge in [0.25, 0.3) is 0 Å². The maximum atomic E-state index is 13.3. The standard InChI is InChI=1S/C11H11F2N3O2/c12-6-1-2-7(13)8(3-6)16-11(18)9-4-15-10(17)5-14-9/h1-3,9,14H,4-5H2,(H,15,17)(H,16,18). The third-order valence-corrected chi connectivity index (χ3v) is 2.52. The fourth-order valence-electron chi connectivity index (χ4n) is 1.56. The molecule has 7 heteroatoms. The number of halogens is 2. The van der Waals surface area contributed by atoms with Crippen molar-refractivity contribution >= 4 is 17.5 Å². The number of carbonyl (C=O) groups is 2. The van der Waals surface area contributed by atoms with E-state index in [2.05, 4.69) is 16.0 Å². The van der Waals surface area contributed by atoms with Gasteiger partial charge >= 0.3 is 0 Å². The topological polar surface area (TPSA) is 70.2 Å². The van der Waals surface area contributed by atoms with Crippen molar-refractivity contribution in [1.29, 1.82) is 0 Å². The van der Waals surface area contributed by atoms with Gasteiger partial charge in [0.15, 0.2) is 0 Å².